The molecule has 0 radical (unpaired) electrons. The van der Waals surface area contributed by atoms with E-state index >= 15 is 0 Å². The molecule has 150 valence electrons. The van der Waals surface area contributed by atoms with Gasteiger partial charge in [0.25, 0.3) is 0 Å². The van der Waals surface area contributed by atoms with Crippen LogP contribution in [0.2, 0.25) is 0 Å². The first-order valence-electron chi connectivity index (χ1n) is 9.51. The summed E-state index contributed by atoms with van der Waals surface area (Å²) >= 11 is 0. The van der Waals surface area contributed by atoms with Gasteiger partial charge in [0, 0.05) is 24.7 Å². The molecule has 0 fully saturated rings. The Morgan fingerprint density at radius 3 is 2.39 bits per heavy atom. The average Bonchev–Trinajstić information content (AvgIpc) is 2.70. The molecule has 1 aliphatic rings. The molecule has 0 bridgehead atoms. The largest absolute Gasteiger partial charge is 0.493 e. The Morgan fingerprint density at radius 1 is 1.18 bits per heavy atom. The number of ether oxygens (including phenoxy) is 2. The zero-order chi connectivity index (χ0) is 20.3. The van der Waals surface area contributed by atoms with Gasteiger partial charge < -0.3 is 19.9 Å². The lowest BCUT2D eigenvalue weighted by Crippen LogP contribution is -2.48. The van der Waals surface area contributed by atoms with Crippen molar-refractivity contribution in [2.75, 3.05) is 19.1 Å². The maximum atomic E-state index is 12.1. The van der Waals surface area contributed by atoms with Gasteiger partial charge in [-0.2, -0.15) is 0 Å². The molecule has 2 atom stereocenters. The summed E-state index contributed by atoms with van der Waals surface area (Å²) in [4.78, 5) is 13.6. The van der Waals surface area contributed by atoms with Crippen LogP contribution in [0.4, 0.5) is 10.5 Å². The van der Waals surface area contributed by atoms with E-state index in [0.29, 0.717) is 30.2 Å². The lowest BCUT2D eigenvalue weighted by Gasteiger charge is -2.42. The van der Waals surface area contributed by atoms with Crippen molar-refractivity contribution >= 4 is 11.8 Å². The Kier molecular flexibility index (Phi) is 6.09. The molecule has 3 rings (SSSR count). The molecule has 1 heterocycles. The molecule has 2 N–H and O–H groups in total. The Morgan fingerprint density at radius 2 is 1.82 bits per heavy atom. The van der Waals surface area contributed by atoms with Crippen LogP contribution in [0.5, 0.6) is 11.5 Å². The number of nitrogens with zero attached hydrogens (tertiary/aromatic N) is 1. The second-order valence-corrected chi connectivity index (χ2v) is 7.38. The minimum absolute atomic E-state index is 0.0120. The lowest BCUT2D eigenvalue weighted by atomic mass is 9.85. The van der Waals surface area contributed by atoms with Crippen LogP contribution in [0.15, 0.2) is 42.5 Å². The van der Waals surface area contributed by atoms with Gasteiger partial charge in [-0.25, -0.2) is 4.79 Å². The number of amides is 1. The van der Waals surface area contributed by atoms with Crippen molar-refractivity contribution in [2.24, 2.45) is 5.92 Å². The van der Waals surface area contributed by atoms with E-state index in [2.05, 4.69) is 31.3 Å². The van der Waals surface area contributed by atoms with Gasteiger partial charge in [0.1, 0.15) is 0 Å². The van der Waals surface area contributed by atoms with Crippen molar-refractivity contribution in [3.8, 4) is 11.5 Å². The monoisotopic (exact) mass is 384 g/mol. The number of methoxy groups -OCH3 is 2. The Hall–Kier alpha value is -2.73. The van der Waals surface area contributed by atoms with Crippen LogP contribution in [-0.4, -0.2) is 31.5 Å². The fourth-order valence-electron chi connectivity index (χ4n) is 3.87. The van der Waals surface area contributed by atoms with E-state index in [-0.39, 0.29) is 18.0 Å². The number of rotatable bonds is 6. The van der Waals surface area contributed by atoms with Crippen molar-refractivity contribution < 1.29 is 19.4 Å². The first kappa shape index (κ1) is 20.0. The van der Waals surface area contributed by atoms with Crippen molar-refractivity contribution in [3.05, 3.63) is 53.6 Å². The first-order chi connectivity index (χ1) is 13.5. The number of hydrogen-bond acceptors (Lipinski definition) is 4. The summed E-state index contributed by atoms with van der Waals surface area (Å²) in [5.41, 5.74) is 2.75. The predicted octanol–water partition coefficient (Wildman–Crippen LogP) is 4.45. The number of benzene rings is 2. The van der Waals surface area contributed by atoms with Crippen LogP contribution in [-0.2, 0) is 6.54 Å². The smallest absolute Gasteiger partial charge is 0.412 e. The van der Waals surface area contributed by atoms with Gasteiger partial charge in [-0.1, -0.05) is 44.2 Å². The highest BCUT2D eigenvalue weighted by atomic mass is 16.5. The summed E-state index contributed by atoms with van der Waals surface area (Å²) in [6, 6.07) is 13.7. The molecule has 6 nitrogen and oxygen atoms in total. The summed E-state index contributed by atoms with van der Waals surface area (Å²) in [6.45, 7) is 4.82. The summed E-state index contributed by atoms with van der Waals surface area (Å²) in [6.07, 6.45) is -0.257. The molecule has 0 aliphatic carbocycles. The highest BCUT2D eigenvalue weighted by Gasteiger charge is 2.38. The van der Waals surface area contributed by atoms with Crippen molar-refractivity contribution in [1.82, 2.24) is 5.32 Å². The zero-order valence-electron chi connectivity index (χ0n) is 16.8. The molecule has 2 unspecified atom stereocenters. The molecule has 6 heteroatoms. The maximum Gasteiger partial charge on any atom is 0.412 e. The molecule has 1 aliphatic heterocycles. The third-order valence-electron chi connectivity index (χ3n) is 5.35. The van der Waals surface area contributed by atoms with Gasteiger partial charge in [-0.3, -0.25) is 4.90 Å². The van der Waals surface area contributed by atoms with Crippen LogP contribution in [0.1, 0.15) is 37.4 Å². The Labute approximate surface area is 166 Å². The normalized spacial score (nSPS) is 18.7. The van der Waals surface area contributed by atoms with Crippen molar-refractivity contribution in [3.63, 3.8) is 0 Å². The minimum Gasteiger partial charge on any atom is -0.493 e. The van der Waals surface area contributed by atoms with Crippen LogP contribution < -0.4 is 19.7 Å². The summed E-state index contributed by atoms with van der Waals surface area (Å²) in [5.74, 6) is 1.30. The second-order valence-electron chi connectivity index (χ2n) is 7.38. The molecular formula is C22H28N2O4. The van der Waals surface area contributed by atoms with Gasteiger partial charge in [0.05, 0.1) is 19.9 Å². The third kappa shape index (κ3) is 3.92. The molecule has 0 saturated heterocycles. The Bertz CT molecular complexity index is 823. The molecule has 2 aromatic carbocycles. The Balaban J connectivity index is 2.03. The van der Waals surface area contributed by atoms with E-state index in [4.69, 9.17) is 9.47 Å². The number of hydrogen-bond donors (Lipinski definition) is 2. The number of fused-ring (bicyclic) bond motifs is 1. The zero-order valence-corrected chi connectivity index (χ0v) is 16.8. The van der Waals surface area contributed by atoms with E-state index in [1.165, 1.54) is 10.5 Å². The van der Waals surface area contributed by atoms with Crippen LogP contribution in [0.3, 0.4) is 0 Å². The number of anilines is 1. The molecule has 2 aromatic rings. The molecule has 0 spiro atoms. The van der Waals surface area contributed by atoms with E-state index < -0.39 is 6.09 Å². The molecular weight excluding hydrogens is 356 g/mol. The highest BCUT2D eigenvalue weighted by molar-refractivity contribution is 5.89. The fourth-order valence-corrected chi connectivity index (χ4v) is 3.87. The van der Waals surface area contributed by atoms with E-state index in [9.17, 15) is 9.90 Å². The van der Waals surface area contributed by atoms with Gasteiger partial charge in [-0.05, 0) is 29.5 Å². The van der Waals surface area contributed by atoms with Gasteiger partial charge in [0.2, 0.25) is 0 Å². The summed E-state index contributed by atoms with van der Waals surface area (Å²) in [7, 11) is 3.15. The molecule has 28 heavy (non-hydrogen) atoms. The summed E-state index contributed by atoms with van der Waals surface area (Å²) in [5, 5.41) is 13.5. The van der Waals surface area contributed by atoms with Gasteiger partial charge >= 0.3 is 6.09 Å². The van der Waals surface area contributed by atoms with Crippen LogP contribution >= 0.6 is 0 Å². The first-order valence-corrected chi connectivity index (χ1v) is 9.51. The van der Waals surface area contributed by atoms with Crippen LogP contribution in [0.25, 0.3) is 0 Å². The van der Waals surface area contributed by atoms with Crippen molar-refractivity contribution in [2.45, 2.75) is 38.9 Å². The minimum atomic E-state index is -0.950. The quantitative estimate of drug-likeness (QED) is 0.770. The molecule has 0 aromatic heterocycles. The van der Waals surface area contributed by atoms with Crippen molar-refractivity contribution in [1.29, 1.82) is 0 Å². The average molecular weight is 384 g/mol. The van der Waals surface area contributed by atoms with Gasteiger partial charge in [0.15, 0.2) is 11.5 Å². The van der Waals surface area contributed by atoms with E-state index in [0.717, 1.165) is 5.56 Å². The summed E-state index contributed by atoms with van der Waals surface area (Å²) < 4.78 is 10.9. The fraction of sp³-hybridized carbons (Fsp3) is 0.409. The van der Waals surface area contributed by atoms with Crippen LogP contribution in [0, 0.1) is 5.92 Å². The SMILES string of the molecule is COc1cc2c(cc1OC)N(C(=O)O)C(C(C)C)CC2NCc1ccccc1. The number of carbonyl (C=O) groups is 1. The predicted molar refractivity (Wildman–Crippen MR) is 109 cm³/mol. The maximum absolute atomic E-state index is 12.1. The lowest BCUT2D eigenvalue weighted by molar-refractivity contribution is 0.192. The standard InChI is InChI=1S/C22H28N2O4/c1-14(2)18-11-17(23-13-15-8-6-5-7-9-15)16-10-20(27-3)21(28-4)12-19(16)24(18)22(25)26/h5-10,12,14,17-18,23H,11,13H2,1-4H3,(H,25,26). The number of carboxylic acid groups (broad SMARTS) is 1. The highest BCUT2D eigenvalue weighted by Crippen LogP contribution is 2.45. The topological polar surface area (TPSA) is 71.0 Å². The molecule has 0 saturated carbocycles. The van der Waals surface area contributed by atoms with E-state index in [1.807, 2.05) is 24.3 Å². The number of nitrogens with one attached hydrogen (secondary N) is 1. The second kappa shape index (κ2) is 8.52. The third-order valence-corrected chi connectivity index (χ3v) is 5.35. The van der Waals surface area contributed by atoms with Gasteiger partial charge in [-0.15, -0.1) is 0 Å². The van der Waals surface area contributed by atoms with E-state index in [1.54, 1.807) is 20.3 Å². The molecule has 1 amide bonds.